The molecule has 4 rings (SSSR count). The molecule has 0 heterocycles. The first kappa shape index (κ1) is 13.1. The lowest BCUT2D eigenvalue weighted by molar-refractivity contribution is -0.135. The van der Waals surface area contributed by atoms with Crippen LogP contribution in [0.4, 0.5) is 0 Å². The highest BCUT2D eigenvalue weighted by Gasteiger charge is 2.58. The summed E-state index contributed by atoms with van der Waals surface area (Å²) in [5.41, 5.74) is 1.89. The number of ketones is 1. The molecule has 0 aromatic heterocycles. The van der Waals surface area contributed by atoms with Crippen molar-refractivity contribution in [2.45, 2.75) is 65.2 Å². The molecule has 0 aromatic rings. The molecule has 1 heteroatoms. The number of carbonyl (C=O) groups excluding carboxylic acids is 1. The second-order valence-electron chi connectivity index (χ2n) is 8.14. The third-order valence-corrected chi connectivity index (χ3v) is 7.46. The summed E-state index contributed by atoms with van der Waals surface area (Å²) in [4.78, 5) is 12.7. The second kappa shape index (κ2) is 4.21. The number of rotatable bonds is 0. The van der Waals surface area contributed by atoms with Crippen molar-refractivity contribution in [1.29, 1.82) is 0 Å². The first-order chi connectivity index (χ1) is 9.56. The van der Waals surface area contributed by atoms with Crippen LogP contribution in [0.2, 0.25) is 0 Å². The standard InChI is InChI=1S/C19H27O/c1-18-11-4-6-15(18)14-9-8-13-5-3-7-17(20)19(13,2)16(14)10-12-18/h5,11,14-16H,3-4,6-10,12H2,1-2H3/t14-,15-,16-,18-,19-/m0/s1. The monoisotopic (exact) mass is 271 g/mol. The first-order valence-electron chi connectivity index (χ1n) is 8.63. The highest BCUT2D eigenvalue weighted by Crippen LogP contribution is 2.64. The normalized spacial score (nSPS) is 51.0. The van der Waals surface area contributed by atoms with Gasteiger partial charge in [0.15, 0.2) is 0 Å². The molecule has 0 unspecified atom stereocenters. The minimum Gasteiger partial charge on any atom is -0.299 e. The molecule has 4 aliphatic carbocycles. The minimum atomic E-state index is -0.0922. The molecule has 0 amide bonds. The predicted octanol–water partition coefficient (Wildman–Crippen LogP) is 4.72. The Labute approximate surface area is 123 Å². The van der Waals surface area contributed by atoms with Crippen molar-refractivity contribution in [3.8, 4) is 0 Å². The Morgan fingerprint density at radius 1 is 1.05 bits per heavy atom. The van der Waals surface area contributed by atoms with E-state index in [1.165, 1.54) is 44.1 Å². The molecule has 5 atom stereocenters. The summed E-state index contributed by atoms with van der Waals surface area (Å²) in [5.74, 6) is 2.85. The van der Waals surface area contributed by atoms with Crippen molar-refractivity contribution < 1.29 is 4.79 Å². The van der Waals surface area contributed by atoms with E-state index in [-0.39, 0.29) is 5.41 Å². The predicted molar refractivity (Wildman–Crippen MR) is 81.0 cm³/mol. The zero-order chi connectivity index (χ0) is 14.0. The van der Waals surface area contributed by atoms with Crippen LogP contribution in [-0.2, 0) is 4.79 Å². The lowest BCUT2D eigenvalue weighted by Crippen LogP contribution is -2.52. The summed E-state index contributed by atoms with van der Waals surface area (Å²) in [6, 6.07) is 0. The average molecular weight is 271 g/mol. The average Bonchev–Trinajstić information content (AvgIpc) is 2.82. The van der Waals surface area contributed by atoms with E-state index in [2.05, 4.69) is 26.3 Å². The van der Waals surface area contributed by atoms with Gasteiger partial charge in [0.05, 0.1) is 5.41 Å². The van der Waals surface area contributed by atoms with Gasteiger partial charge in [0, 0.05) is 6.42 Å². The second-order valence-corrected chi connectivity index (χ2v) is 8.14. The quantitative estimate of drug-likeness (QED) is 0.582. The smallest absolute Gasteiger partial charge is 0.143 e. The van der Waals surface area contributed by atoms with Gasteiger partial charge in [0.2, 0.25) is 0 Å². The molecule has 0 aliphatic heterocycles. The molecule has 3 fully saturated rings. The lowest BCUT2D eigenvalue weighted by atomic mass is 9.47. The topological polar surface area (TPSA) is 17.1 Å². The van der Waals surface area contributed by atoms with Gasteiger partial charge in [-0.15, -0.1) is 0 Å². The van der Waals surface area contributed by atoms with E-state index in [0.29, 0.717) is 17.1 Å². The molecule has 0 spiro atoms. The maximum absolute atomic E-state index is 12.7. The van der Waals surface area contributed by atoms with Crippen LogP contribution in [0.5, 0.6) is 0 Å². The number of hydrogen-bond donors (Lipinski definition) is 0. The molecule has 3 saturated carbocycles. The number of hydrogen-bond acceptors (Lipinski definition) is 1. The van der Waals surface area contributed by atoms with Crippen LogP contribution in [0, 0.1) is 35.0 Å². The van der Waals surface area contributed by atoms with Crippen LogP contribution in [0.1, 0.15) is 65.2 Å². The fraction of sp³-hybridized carbons (Fsp3) is 0.789. The lowest BCUT2D eigenvalue weighted by Gasteiger charge is -2.56. The summed E-state index contributed by atoms with van der Waals surface area (Å²) in [6.45, 7) is 4.77. The molecule has 109 valence electrons. The summed E-state index contributed by atoms with van der Waals surface area (Å²) < 4.78 is 0. The highest BCUT2D eigenvalue weighted by molar-refractivity contribution is 5.89. The summed E-state index contributed by atoms with van der Waals surface area (Å²) in [7, 11) is 0. The van der Waals surface area contributed by atoms with Crippen molar-refractivity contribution in [1.82, 2.24) is 0 Å². The van der Waals surface area contributed by atoms with Gasteiger partial charge in [0.25, 0.3) is 0 Å². The summed E-state index contributed by atoms with van der Waals surface area (Å²) in [6.07, 6.45) is 14.6. The minimum absolute atomic E-state index is 0.0922. The van der Waals surface area contributed by atoms with Gasteiger partial charge in [-0.05, 0) is 81.5 Å². The Bertz CT molecular complexity index is 476. The van der Waals surface area contributed by atoms with Gasteiger partial charge in [-0.3, -0.25) is 4.79 Å². The molecule has 0 aromatic carbocycles. The van der Waals surface area contributed by atoms with Crippen molar-refractivity contribution in [3.05, 3.63) is 18.1 Å². The third kappa shape index (κ3) is 1.53. The van der Waals surface area contributed by atoms with Crippen molar-refractivity contribution in [2.24, 2.45) is 28.6 Å². The largest absolute Gasteiger partial charge is 0.299 e. The van der Waals surface area contributed by atoms with E-state index < -0.39 is 0 Å². The maximum atomic E-state index is 12.7. The van der Waals surface area contributed by atoms with Crippen molar-refractivity contribution in [3.63, 3.8) is 0 Å². The van der Waals surface area contributed by atoms with E-state index in [4.69, 9.17) is 0 Å². The Kier molecular flexibility index (Phi) is 2.76. The molecule has 1 nitrogen and oxygen atoms in total. The Morgan fingerprint density at radius 3 is 2.75 bits per heavy atom. The van der Waals surface area contributed by atoms with Gasteiger partial charge in [-0.1, -0.05) is 18.6 Å². The number of carbonyl (C=O) groups is 1. The Hall–Kier alpha value is -0.590. The molecular formula is C19H27O. The molecule has 0 N–H and O–H groups in total. The van der Waals surface area contributed by atoms with Gasteiger partial charge >= 0.3 is 0 Å². The molecule has 0 saturated heterocycles. The number of allylic oxidation sites excluding steroid dienone is 2. The van der Waals surface area contributed by atoms with Crippen LogP contribution < -0.4 is 0 Å². The van der Waals surface area contributed by atoms with Gasteiger partial charge in [-0.25, -0.2) is 0 Å². The SMILES string of the molecule is C[C@]12C(=O)CCC=C1CC[C@@H]1[C@@H]2CC[C@]2(C)[CH]CC[C@@H]12. The van der Waals surface area contributed by atoms with Gasteiger partial charge in [0.1, 0.15) is 5.78 Å². The van der Waals surface area contributed by atoms with Crippen LogP contribution in [0.3, 0.4) is 0 Å². The Balaban J connectivity index is 1.73. The third-order valence-electron chi connectivity index (χ3n) is 7.46. The van der Waals surface area contributed by atoms with E-state index in [1.54, 1.807) is 0 Å². The van der Waals surface area contributed by atoms with Crippen LogP contribution in [0.15, 0.2) is 11.6 Å². The fourth-order valence-electron chi connectivity index (χ4n) is 6.30. The van der Waals surface area contributed by atoms with Crippen LogP contribution in [-0.4, -0.2) is 5.78 Å². The van der Waals surface area contributed by atoms with Gasteiger partial charge < -0.3 is 0 Å². The molecule has 0 bridgehead atoms. The zero-order valence-electron chi connectivity index (χ0n) is 13.0. The van der Waals surface area contributed by atoms with E-state index in [9.17, 15) is 4.79 Å². The number of fused-ring (bicyclic) bond motifs is 5. The van der Waals surface area contributed by atoms with E-state index in [1.807, 2.05) is 0 Å². The Morgan fingerprint density at radius 2 is 1.90 bits per heavy atom. The summed E-state index contributed by atoms with van der Waals surface area (Å²) >= 11 is 0. The van der Waals surface area contributed by atoms with Gasteiger partial charge in [-0.2, -0.15) is 0 Å². The highest BCUT2D eigenvalue weighted by atomic mass is 16.1. The maximum Gasteiger partial charge on any atom is 0.143 e. The summed E-state index contributed by atoms with van der Waals surface area (Å²) in [5, 5.41) is 0. The van der Waals surface area contributed by atoms with Crippen molar-refractivity contribution >= 4 is 5.78 Å². The van der Waals surface area contributed by atoms with E-state index >= 15 is 0 Å². The fourth-order valence-corrected chi connectivity index (χ4v) is 6.30. The molecule has 4 aliphatic rings. The zero-order valence-corrected chi connectivity index (χ0v) is 13.0. The van der Waals surface area contributed by atoms with Crippen LogP contribution in [0.25, 0.3) is 0 Å². The number of Topliss-reactive ketones (excluding diaryl/α,β-unsaturated/α-hetero) is 1. The van der Waals surface area contributed by atoms with E-state index in [0.717, 1.165) is 24.7 Å². The first-order valence-corrected chi connectivity index (χ1v) is 8.63. The van der Waals surface area contributed by atoms with Crippen LogP contribution >= 0.6 is 0 Å². The molecule has 1 radical (unpaired) electrons. The van der Waals surface area contributed by atoms with Crippen molar-refractivity contribution in [2.75, 3.05) is 0 Å². The molecule has 20 heavy (non-hydrogen) atoms. The molecular weight excluding hydrogens is 244 g/mol.